The van der Waals surface area contributed by atoms with E-state index in [0.717, 1.165) is 25.9 Å². The van der Waals surface area contributed by atoms with E-state index in [2.05, 4.69) is 6.92 Å². The number of rotatable bonds is 4. The van der Waals surface area contributed by atoms with E-state index in [1.807, 2.05) is 4.90 Å². The van der Waals surface area contributed by atoms with E-state index >= 15 is 0 Å². The first kappa shape index (κ1) is 14.0. The third-order valence-corrected chi connectivity index (χ3v) is 3.62. The topological polar surface area (TPSA) is 57.6 Å². The van der Waals surface area contributed by atoms with Crippen molar-refractivity contribution in [3.05, 3.63) is 0 Å². The largest absolute Gasteiger partial charge is 0.481 e. The number of likely N-dealkylation sites (tertiary alicyclic amines) is 1. The summed E-state index contributed by atoms with van der Waals surface area (Å²) in [5.74, 6) is -0.342. The minimum Gasteiger partial charge on any atom is -0.481 e. The molecule has 0 saturated carbocycles. The van der Waals surface area contributed by atoms with Crippen LogP contribution in [0.2, 0.25) is 0 Å². The van der Waals surface area contributed by atoms with E-state index in [1.165, 1.54) is 6.42 Å². The summed E-state index contributed by atoms with van der Waals surface area (Å²) in [4.78, 5) is 24.9. The molecule has 1 aliphatic heterocycles. The van der Waals surface area contributed by atoms with Gasteiger partial charge in [-0.1, -0.05) is 13.3 Å². The van der Waals surface area contributed by atoms with Gasteiger partial charge in [0.05, 0.1) is 5.41 Å². The van der Waals surface area contributed by atoms with Crippen LogP contribution in [-0.4, -0.2) is 35.0 Å². The van der Waals surface area contributed by atoms with Gasteiger partial charge in [0.25, 0.3) is 0 Å². The Labute approximate surface area is 103 Å². The molecule has 4 nitrogen and oxygen atoms in total. The first-order valence-electron chi connectivity index (χ1n) is 6.38. The first-order valence-corrected chi connectivity index (χ1v) is 6.38. The summed E-state index contributed by atoms with van der Waals surface area (Å²) in [5.41, 5.74) is -0.962. The smallest absolute Gasteiger partial charge is 0.309 e. The Morgan fingerprint density at radius 3 is 2.59 bits per heavy atom. The number of carboxylic acids is 1. The lowest BCUT2D eigenvalue weighted by atomic mass is 9.88. The van der Waals surface area contributed by atoms with Crippen LogP contribution >= 0.6 is 0 Å². The van der Waals surface area contributed by atoms with Crippen LogP contribution in [0, 0.1) is 11.3 Å². The summed E-state index contributed by atoms with van der Waals surface area (Å²) in [6.45, 7) is 6.93. The number of aliphatic carboxylic acids is 1. The minimum absolute atomic E-state index is 0.0180. The van der Waals surface area contributed by atoms with Crippen molar-refractivity contribution in [3.63, 3.8) is 0 Å². The maximum atomic E-state index is 12.0. The highest BCUT2D eigenvalue weighted by atomic mass is 16.4. The number of carboxylic acid groups (broad SMARTS) is 1. The van der Waals surface area contributed by atoms with E-state index in [1.54, 1.807) is 13.8 Å². The van der Waals surface area contributed by atoms with Gasteiger partial charge in [0.15, 0.2) is 0 Å². The third-order valence-electron chi connectivity index (χ3n) is 3.62. The monoisotopic (exact) mass is 241 g/mol. The molecule has 1 unspecified atom stereocenters. The molecule has 0 bridgehead atoms. The van der Waals surface area contributed by atoms with Crippen LogP contribution in [0.5, 0.6) is 0 Å². The van der Waals surface area contributed by atoms with Crippen LogP contribution in [0.1, 0.15) is 46.5 Å². The van der Waals surface area contributed by atoms with Gasteiger partial charge in [0, 0.05) is 19.5 Å². The zero-order valence-corrected chi connectivity index (χ0v) is 11.0. The Balaban J connectivity index is 2.55. The number of piperidine rings is 1. The lowest BCUT2D eigenvalue weighted by Crippen LogP contribution is -2.42. The van der Waals surface area contributed by atoms with Crippen LogP contribution < -0.4 is 0 Å². The Hall–Kier alpha value is -1.06. The summed E-state index contributed by atoms with van der Waals surface area (Å²) >= 11 is 0. The van der Waals surface area contributed by atoms with Gasteiger partial charge < -0.3 is 10.0 Å². The molecule has 17 heavy (non-hydrogen) atoms. The molecule has 98 valence electrons. The molecule has 1 heterocycles. The van der Waals surface area contributed by atoms with Crippen molar-refractivity contribution >= 4 is 11.9 Å². The molecule has 1 N–H and O–H groups in total. The summed E-state index contributed by atoms with van der Waals surface area (Å²) in [6, 6.07) is 0. The highest BCUT2D eigenvalue weighted by Gasteiger charge is 2.33. The van der Waals surface area contributed by atoms with Gasteiger partial charge in [-0.2, -0.15) is 0 Å². The van der Waals surface area contributed by atoms with Crippen LogP contribution in [0.3, 0.4) is 0 Å². The molecule has 1 fully saturated rings. The van der Waals surface area contributed by atoms with E-state index in [-0.39, 0.29) is 12.3 Å². The number of carbonyl (C=O) groups excluding carboxylic acids is 1. The van der Waals surface area contributed by atoms with Gasteiger partial charge in [0.2, 0.25) is 5.91 Å². The molecule has 1 aliphatic rings. The number of amides is 1. The van der Waals surface area contributed by atoms with Crippen molar-refractivity contribution in [1.82, 2.24) is 4.90 Å². The van der Waals surface area contributed by atoms with Crippen LogP contribution in [0.25, 0.3) is 0 Å². The predicted molar refractivity (Wildman–Crippen MR) is 65.6 cm³/mol. The number of carbonyl (C=O) groups is 2. The van der Waals surface area contributed by atoms with Gasteiger partial charge >= 0.3 is 5.97 Å². The summed E-state index contributed by atoms with van der Waals surface area (Å²) in [7, 11) is 0. The average molecular weight is 241 g/mol. The van der Waals surface area contributed by atoms with Crippen molar-refractivity contribution in [2.75, 3.05) is 13.1 Å². The fraction of sp³-hybridized carbons (Fsp3) is 0.846. The molecule has 1 rings (SSSR count). The van der Waals surface area contributed by atoms with Crippen molar-refractivity contribution in [2.24, 2.45) is 11.3 Å². The molecular formula is C13H23NO3. The number of nitrogens with zero attached hydrogens (tertiary/aromatic N) is 1. The maximum absolute atomic E-state index is 12.0. The van der Waals surface area contributed by atoms with Crippen LogP contribution in [-0.2, 0) is 9.59 Å². The first-order chi connectivity index (χ1) is 7.86. The molecule has 1 atom stereocenters. The second-order valence-electron chi connectivity index (χ2n) is 5.62. The number of hydrogen-bond acceptors (Lipinski definition) is 2. The van der Waals surface area contributed by atoms with Crippen molar-refractivity contribution in [1.29, 1.82) is 0 Å². The molecule has 1 amide bonds. The van der Waals surface area contributed by atoms with Gasteiger partial charge in [-0.15, -0.1) is 0 Å². The predicted octanol–water partition coefficient (Wildman–Crippen LogP) is 2.14. The second-order valence-corrected chi connectivity index (χ2v) is 5.62. The normalized spacial score (nSPS) is 21.4. The van der Waals surface area contributed by atoms with E-state index < -0.39 is 11.4 Å². The van der Waals surface area contributed by atoms with Crippen LogP contribution in [0.4, 0.5) is 0 Å². The van der Waals surface area contributed by atoms with Gasteiger partial charge in [-0.3, -0.25) is 9.59 Å². The zero-order chi connectivity index (χ0) is 13.1. The molecule has 0 aromatic rings. The highest BCUT2D eigenvalue weighted by molar-refractivity contribution is 5.84. The summed E-state index contributed by atoms with van der Waals surface area (Å²) in [6.07, 6.45) is 3.41. The Morgan fingerprint density at radius 2 is 2.06 bits per heavy atom. The minimum atomic E-state index is -0.962. The number of hydrogen-bond donors (Lipinski definition) is 1. The van der Waals surface area contributed by atoms with Gasteiger partial charge in [-0.25, -0.2) is 0 Å². The standard InChI is InChI=1S/C13H23NO3/c1-4-10-6-5-7-14(9-10)11(15)8-13(2,3)12(16)17/h10H,4-9H2,1-3H3,(H,16,17). The molecule has 0 aromatic heterocycles. The second kappa shape index (κ2) is 5.52. The molecule has 0 aromatic carbocycles. The molecule has 0 radical (unpaired) electrons. The Bertz CT molecular complexity index is 299. The molecule has 0 spiro atoms. The Morgan fingerprint density at radius 1 is 1.41 bits per heavy atom. The van der Waals surface area contributed by atoms with E-state index in [0.29, 0.717) is 5.92 Å². The average Bonchev–Trinajstić information content (AvgIpc) is 2.28. The Kier molecular flexibility index (Phi) is 4.54. The summed E-state index contributed by atoms with van der Waals surface area (Å²) < 4.78 is 0. The van der Waals surface area contributed by atoms with Crippen molar-refractivity contribution in [2.45, 2.75) is 46.5 Å². The molecular weight excluding hydrogens is 218 g/mol. The molecule has 1 saturated heterocycles. The van der Waals surface area contributed by atoms with Crippen molar-refractivity contribution < 1.29 is 14.7 Å². The van der Waals surface area contributed by atoms with Crippen molar-refractivity contribution in [3.8, 4) is 0 Å². The maximum Gasteiger partial charge on any atom is 0.309 e. The fourth-order valence-corrected chi connectivity index (χ4v) is 2.19. The quantitative estimate of drug-likeness (QED) is 0.820. The summed E-state index contributed by atoms with van der Waals surface area (Å²) in [5, 5.41) is 9.02. The van der Waals surface area contributed by atoms with Gasteiger partial charge in [0.1, 0.15) is 0 Å². The van der Waals surface area contributed by atoms with E-state index in [4.69, 9.17) is 5.11 Å². The highest BCUT2D eigenvalue weighted by Crippen LogP contribution is 2.25. The fourth-order valence-electron chi connectivity index (χ4n) is 2.19. The SMILES string of the molecule is CCC1CCCN(C(=O)CC(C)(C)C(=O)O)C1. The van der Waals surface area contributed by atoms with E-state index in [9.17, 15) is 9.59 Å². The molecule has 4 heteroatoms. The third kappa shape index (κ3) is 3.72. The van der Waals surface area contributed by atoms with Crippen LogP contribution in [0.15, 0.2) is 0 Å². The lowest BCUT2D eigenvalue weighted by Gasteiger charge is -2.34. The zero-order valence-electron chi connectivity index (χ0n) is 11.0. The molecule has 0 aliphatic carbocycles. The lowest BCUT2D eigenvalue weighted by molar-refractivity contribution is -0.152. The van der Waals surface area contributed by atoms with Gasteiger partial charge in [-0.05, 0) is 32.6 Å².